The van der Waals surface area contributed by atoms with Gasteiger partial charge in [-0.2, -0.15) is 0 Å². The van der Waals surface area contributed by atoms with E-state index in [1.807, 2.05) is 30.3 Å². The average Bonchev–Trinajstić information content (AvgIpc) is 3.31. The molecule has 9 nitrogen and oxygen atoms in total. The number of carbonyl (C=O) groups is 1. The van der Waals surface area contributed by atoms with Crippen LogP contribution in [0.25, 0.3) is 11.3 Å². The molecule has 0 radical (unpaired) electrons. The van der Waals surface area contributed by atoms with Crippen LogP contribution in [0.4, 0.5) is 5.95 Å². The molecular weight excluding hydrogens is 370 g/mol. The number of anilines is 1. The number of aryl methyl sites for hydroxylation is 1. The van der Waals surface area contributed by atoms with E-state index >= 15 is 0 Å². The van der Waals surface area contributed by atoms with Crippen molar-refractivity contribution in [3.8, 4) is 11.3 Å². The zero-order chi connectivity index (χ0) is 19.2. The summed E-state index contributed by atoms with van der Waals surface area (Å²) in [6.07, 6.45) is 3.69. The molecule has 0 spiro atoms. The van der Waals surface area contributed by atoms with Gasteiger partial charge in [0.05, 0.1) is 0 Å². The fourth-order valence-corrected chi connectivity index (χ4v) is 3.08. The van der Waals surface area contributed by atoms with E-state index in [4.69, 9.17) is 4.52 Å². The number of amides is 1. The first-order chi connectivity index (χ1) is 13.1. The van der Waals surface area contributed by atoms with Gasteiger partial charge in [0.15, 0.2) is 11.5 Å². The minimum absolute atomic E-state index is 0.181. The van der Waals surface area contributed by atoms with Crippen molar-refractivity contribution >= 4 is 23.1 Å². The fraction of sp³-hybridized carbons (Fsp3) is 0.235. The van der Waals surface area contributed by atoms with Crippen LogP contribution in [0.2, 0.25) is 0 Å². The second-order valence-electron chi connectivity index (χ2n) is 5.72. The van der Waals surface area contributed by atoms with Crippen LogP contribution in [0, 0.1) is 0 Å². The van der Waals surface area contributed by atoms with Crippen molar-refractivity contribution in [3.05, 3.63) is 54.5 Å². The van der Waals surface area contributed by atoms with Crippen LogP contribution in [-0.4, -0.2) is 42.5 Å². The molecule has 1 atom stereocenters. The molecule has 0 aliphatic rings. The molecule has 0 bridgehead atoms. The first kappa shape index (κ1) is 18.8. The van der Waals surface area contributed by atoms with Gasteiger partial charge in [-0.25, -0.2) is 13.5 Å². The molecule has 1 amide bonds. The van der Waals surface area contributed by atoms with E-state index in [1.54, 1.807) is 30.1 Å². The lowest BCUT2D eigenvalue weighted by atomic mass is 10.1. The highest BCUT2D eigenvalue weighted by Crippen LogP contribution is 2.19. The lowest BCUT2D eigenvalue weighted by molar-refractivity contribution is 0.0944. The van der Waals surface area contributed by atoms with Crippen LogP contribution in [0.1, 0.15) is 16.9 Å². The number of nitrogens with one attached hydrogen (secondary N) is 1. The number of benzene rings is 1. The topological polar surface area (TPSA) is 113 Å². The van der Waals surface area contributed by atoms with E-state index in [0.717, 1.165) is 5.56 Å². The van der Waals surface area contributed by atoms with Crippen LogP contribution >= 0.6 is 0 Å². The number of hydrogen-bond acceptors (Lipinski definition) is 5. The standard InChI is InChI=1S/C17H19N5O4S/c1-21-11-9-19-17(21)22(27(24)25)10-5-8-18-16(23)14-12-15(26-20-14)13-6-3-2-4-7-13/h2-4,6-7,9,11-12H,5,8,10H2,1H3,(H,18,23)(H,24,25). The Morgan fingerprint density at radius 3 is 2.81 bits per heavy atom. The van der Waals surface area contributed by atoms with E-state index in [1.165, 1.54) is 4.31 Å². The van der Waals surface area contributed by atoms with Crippen LogP contribution in [0.5, 0.6) is 0 Å². The molecule has 2 heterocycles. The minimum Gasteiger partial charge on any atom is -0.355 e. The van der Waals surface area contributed by atoms with Gasteiger partial charge in [-0.3, -0.25) is 9.35 Å². The number of nitrogens with zero attached hydrogens (tertiary/aromatic N) is 4. The summed E-state index contributed by atoms with van der Waals surface area (Å²) in [5, 5.41) is 6.51. The summed E-state index contributed by atoms with van der Waals surface area (Å²) >= 11 is -2.20. The third-order valence-corrected chi connectivity index (χ3v) is 4.55. The molecule has 27 heavy (non-hydrogen) atoms. The molecule has 1 unspecified atom stereocenters. The van der Waals surface area contributed by atoms with Crippen LogP contribution < -0.4 is 9.62 Å². The van der Waals surface area contributed by atoms with Crippen molar-refractivity contribution in [1.29, 1.82) is 0 Å². The number of carbonyl (C=O) groups excluding carboxylic acids is 1. The second-order valence-corrected chi connectivity index (χ2v) is 6.63. The molecule has 0 aliphatic heterocycles. The quantitative estimate of drug-likeness (QED) is 0.449. The maximum atomic E-state index is 12.2. The fourth-order valence-electron chi connectivity index (χ4n) is 2.48. The van der Waals surface area contributed by atoms with Gasteiger partial charge in [0.2, 0.25) is 5.95 Å². The average molecular weight is 389 g/mol. The van der Waals surface area contributed by atoms with Crippen LogP contribution in [-0.2, 0) is 18.3 Å². The summed E-state index contributed by atoms with van der Waals surface area (Å²) in [6, 6.07) is 10.9. The van der Waals surface area contributed by atoms with Crippen molar-refractivity contribution in [2.45, 2.75) is 6.42 Å². The highest BCUT2D eigenvalue weighted by Gasteiger charge is 2.17. The van der Waals surface area contributed by atoms with E-state index in [0.29, 0.717) is 24.7 Å². The lowest BCUT2D eigenvalue weighted by Gasteiger charge is -2.18. The summed E-state index contributed by atoms with van der Waals surface area (Å²) in [7, 11) is 1.73. The third-order valence-electron chi connectivity index (χ3n) is 3.83. The first-order valence-electron chi connectivity index (χ1n) is 8.22. The Balaban J connectivity index is 1.52. The van der Waals surface area contributed by atoms with E-state index in [9.17, 15) is 13.6 Å². The van der Waals surface area contributed by atoms with E-state index in [-0.39, 0.29) is 18.1 Å². The predicted molar refractivity (Wildman–Crippen MR) is 100 cm³/mol. The Kier molecular flexibility index (Phi) is 5.99. The molecule has 3 aromatic rings. The van der Waals surface area contributed by atoms with E-state index < -0.39 is 11.3 Å². The molecule has 0 saturated carbocycles. The van der Waals surface area contributed by atoms with Gasteiger partial charge in [-0.1, -0.05) is 35.5 Å². The van der Waals surface area contributed by atoms with Crippen molar-refractivity contribution in [1.82, 2.24) is 20.0 Å². The molecule has 142 valence electrons. The Labute approximate surface area is 158 Å². The molecule has 0 aliphatic carbocycles. The number of aromatic nitrogens is 3. The van der Waals surface area contributed by atoms with Gasteiger partial charge >= 0.3 is 0 Å². The zero-order valence-corrected chi connectivity index (χ0v) is 15.4. The number of hydrogen-bond donors (Lipinski definition) is 2. The smallest absolute Gasteiger partial charge is 0.273 e. The first-order valence-corrected chi connectivity index (χ1v) is 9.29. The Morgan fingerprint density at radius 1 is 1.37 bits per heavy atom. The van der Waals surface area contributed by atoms with Gasteiger partial charge in [0, 0.05) is 44.2 Å². The Morgan fingerprint density at radius 2 is 2.15 bits per heavy atom. The molecular formula is C17H19N5O4S. The summed E-state index contributed by atoms with van der Waals surface area (Å²) < 4.78 is 29.1. The van der Waals surface area contributed by atoms with Crippen LogP contribution in [0.3, 0.4) is 0 Å². The Bertz CT molecular complexity index is 924. The molecule has 0 saturated heterocycles. The largest absolute Gasteiger partial charge is 0.355 e. The molecule has 2 aromatic heterocycles. The third kappa shape index (κ3) is 4.60. The minimum atomic E-state index is -2.20. The molecule has 1 aromatic carbocycles. The lowest BCUT2D eigenvalue weighted by Crippen LogP contribution is -2.32. The van der Waals surface area contributed by atoms with Gasteiger partial charge in [0.1, 0.15) is 0 Å². The summed E-state index contributed by atoms with van der Waals surface area (Å²) in [4.78, 5) is 16.2. The van der Waals surface area contributed by atoms with Crippen molar-refractivity contribution < 1.29 is 18.1 Å². The van der Waals surface area contributed by atoms with Gasteiger partial charge in [-0.15, -0.1) is 0 Å². The van der Waals surface area contributed by atoms with Gasteiger partial charge < -0.3 is 14.4 Å². The molecule has 3 rings (SSSR count). The number of imidazole rings is 1. The number of rotatable bonds is 8. The van der Waals surface area contributed by atoms with Crippen molar-refractivity contribution in [3.63, 3.8) is 0 Å². The molecule has 0 fully saturated rings. The summed E-state index contributed by atoms with van der Waals surface area (Å²) in [5.74, 6) is 0.526. The SMILES string of the molecule is Cn1ccnc1N(CCCNC(=O)c1cc(-c2ccccc2)on1)S(=O)O. The predicted octanol–water partition coefficient (Wildman–Crippen LogP) is 1.84. The highest BCUT2D eigenvalue weighted by atomic mass is 32.2. The molecule has 10 heteroatoms. The molecule has 2 N–H and O–H groups in total. The van der Waals surface area contributed by atoms with Crippen molar-refractivity contribution in [2.75, 3.05) is 17.4 Å². The van der Waals surface area contributed by atoms with Gasteiger partial charge in [-0.05, 0) is 6.42 Å². The highest BCUT2D eigenvalue weighted by molar-refractivity contribution is 7.80. The summed E-state index contributed by atoms with van der Waals surface area (Å²) in [5.41, 5.74) is 1.01. The van der Waals surface area contributed by atoms with Crippen LogP contribution in [0.15, 0.2) is 53.3 Å². The normalized spacial score (nSPS) is 11.9. The maximum Gasteiger partial charge on any atom is 0.273 e. The monoisotopic (exact) mass is 389 g/mol. The van der Waals surface area contributed by atoms with Gasteiger partial charge in [0.25, 0.3) is 17.2 Å². The second kappa shape index (κ2) is 8.60. The van der Waals surface area contributed by atoms with E-state index in [2.05, 4.69) is 15.5 Å². The Hall–Kier alpha value is -2.98. The zero-order valence-electron chi connectivity index (χ0n) is 14.6. The summed E-state index contributed by atoms with van der Waals surface area (Å²) in [6.45, 7) is 0.562. The van der Waals surface area contributed by atoms with Crippen molar-refractivity contribution in [2.24, 2.45) is 7.05 Å². The maximum absolute atomic E-state index is 12.2.